The lowest BCUT2D eigenvalue weighted by molar-refractivity contribution is -0.178. The van der Waals surface area contributed by atoms with Crippen LogP contribution in [-0.2, 0) is 43.6 Å². The van der Waals surface area contributed by atoms with Crippen LogP contribution in [0.4, 0.5) is 10.5 Å². The normalized spacial score (nSPS) is 21.6. The number of morpholine rings is 1. The van der Waals surface area contributed by atoms with Gasteiger partial charge in [0.05, 0.1) is 50.6 Å². The number of esters is 3. The van der Waals surface area contributed by atoms with Gasteiger partial charge in [-0.15, -0.1) is 6.58 Å². The van der Waals surface area contributed by atoms with Crippen LogP contribution in [0, 0.1) is 23.7 Å². The van der Waals surface area contributed by atoms with Crippen molar-refractivity contribution in [3.8, 4) is 17.6 Å². The first-order valence-electron chi connectivity index (χ1n) is 22.8. The lowest BCUT2D eigenvalue weighted by atomic mass is 9.65. The summed E-state index contributed by atoms with van der Waals surface area (Å²) in [7, 11) is 2.29. The molecule has 1 spiro atoms. The summed E-state index contributed by atoms with van der Waals surface area (Å²) >= 11 is 0. The second kappa shape index (κ2) is 21.1. The van der Waals surface area contributed by atoms with Crippen LogP contribution in [0.15, 0.2) is 146 Å². The second-order valence-corrected chi connectivity index (χ2v) is 17.0. The molecule has 2 fully saturated rings. The number of benzene rings is 5. The number of carbonyl (C=O) groups is 6. The van der Waals surface area contributed by atoms with Crippen LogP contribution in [0.1, 0.15) is 71.0 Å². The molecule has 0 aliphatic carbocycles. The molecule has 15 heteroatoms. The van der Waals surface area contributed by atoms with Crippen molar-refractivity contribution in [3.63, 3.8) is 0 Å². The van der Waals surface area contributed by atoms with Crippen LogP contribution in [0.5, 0.6) is 5.75 Å². The molecule has 8 rings (SSSR count). The fourth-order valence-corrected chi connectivity index (χ4v) is 10.1. The number of hydrogen-bond acceptors (Lipinski definition) is 12. The zero-order valence-electron chi connectivity index (χ0n) is 38.8. The number of aliphatic hydroxyl groups is 1. The molecule has 0 saturated carbocycles. The van der Waals surface area contributed by atoms with Crippen molar-refractivity contribution in [2.24, 2.45) is 11.8 Å². The number of hydrogen-bond donors (Lipinski definition) is 3. The van der Waals surface area contributed by atoms with E-state index in [4.69, 9.17) is 18.9 Å². The number of imide groups is 1. The highest BCUT2D eigenvalue weighted by Crippen LogP contribution is 2.66. The monoisotopic (exact) mass is 944 g/mol. The van der Waals surface area contributed by atoms with E-state index in [1.807, 2.05) is 95.9 Å². The van der Waals surface area contributed by atoms with E-state index in [1.54, 1.807) is 49.4 Å². The fourth-order valence-electron chi connectivity index (χ4n) is 10.1. The van der Waals surface area contributed by atoms with Gasteiger partial charge in [-0.1, -0.05) is 121 Å². The minimum absolute atomic E-state index is 0.00823. The molecule has 358 valence electrons. The van der Waals surface area contributed by atoms with Crippen LogP contribution in [-0.4, -0.2) is 85.8 Å². The average Bonchev–Trinajstić information content (AvgIpc) is 3.85. The number of nitrogens with zero attached hydrogens (tertiary/aromatic N) is 2. The summed E-state index contributed by atoms with van der Waals surface area (Å²) in [4.78, 5) is 90.3. The molecule has 5 aromatic rings. The van der Waals surface area contributed by atoms with Crippen LogP contribution in [0.3, 0.4) is 0 Å². The van der Waals surface area contributed by atoms with Crippen LogP contribution in [0.2, 0.25) is 0 Å². The molecule has 70 heavy (non-hydrogen) atoms. The van der Waals surface area contributed by atoms with Gasteiger partial charge in [-0.3, -0.25) is 28.9 Å². The Morgan fingerprint density at radius 2 is 1.46 bits per heavy atom. The number of anilines is 1. The third kappa shape index (κ3) is 8.90. The number of carbonyl (C=O) groups excluding carboxylic acids is 6. The van der Waals surface area contributed by atoms with E-state index < -0.39 is 83.3 Å². The van der Waals surface area contributed by atoms with Gasteiger partial charge in [-0.25, -0.2) is 9.69 Å². The number of amides is 4. The summed E-state index contributed by atoms with van der Waals surface area (Å²) in [5, 5.41) is 15.5. The summed E-state index contributed by atoms with van der Waals surface area (Å²) in [6, 6.07) is 34.6. The van der Waals surface area contributed by atoms with Crippen molar-refractivity contribution in [1.82, 2.24) is 15.5 Å². The van der Waals surface area contributed by atoms with Gasteiger partial charge < -0.3 is 34.7 Å². The van der Waals surface area contributed by atoms with Crippen molar-refractivity contribution < 1.29 is 52.8 Å². The van der Waals surface area contributed by atoms with E-state index in [0.717, 1.165) is 24.7 Å². The lowest BCUT2D eigenvalue weighted by Crippen LogP contribution is -2.56. The van der Waals surface area contributed by atoms with Crippen molar-refractivity contribution in [1.29, 1.82) is 0 Å². The van der Waals surface area contributed by atoms with E-state index in [9.17, 15) is 14.7 Å². The molecule has 0 aromatic heterocycles. The Balaban J connectivity index is 1.42. The number of rotatable bonds is 14. The Kier molecular flexibility index (Phi) is 14.6. The van der Waals surface area contributed by atoms with Gasteiger partial charge in [-0.05, 0) is 65.1 Å². The Hall–Kier alpha value is -8.06. The Morgan fingerprint density at radius 3 is 2.07 bits per heavy atom. The molecule has 0 bridgehead atoms. The van der Waals surface area contributed by atoms with Gasteiger partial charge in [-0.2, -0.15) is 0 Å². The molecule has 2 saturated heterocycles. The highest BCUT2D eigenvalue weighted by molar-refractivity contribution is 6.24. The number of fused-ring (bicyclic) bond motifs is 3. The molecule has 3 N–H and O–H groups in total. The van der Waals surface area contributed by atoms with Gasteiger partial charge in [0, 0.05) is 18.5 Å². The number of aliphatic hydroxyl groups excluding tert-OH is 1. The quantitative estimate of drug-likeness (QED) is 0.0377. The smallest absolute Gasteiger partial charge is 0.329 e. The largest absolute Gasteiger partial charge is 0.491 e. The van der Waals surface area contributed by atoms with Gasteiger partial charge in [0.1, 0.15) is 29.9 Å². The van der Waals surface area contributed by atoms with E-state index in [1.165, 1.54) is 6.08 Å². The Bertz CT molecular complexity index is 2820. The van der Waals surface area contributed by atoms with Gasteiger partial charge in [0.2, 0.25) is 11.8 Å². The maximum Gasteiger partial charge on any atom is 0.329 e. The topological polar surface area (TPSA) is 190 Å². The maximum atomic E-state index is 16.5. The molecule has 15 nitrogen and oxygen atoms in total. The summed E-state index contributed by atoms with van der Waals surface area (Å²) in [5.74, 6) is -0.531. The van der Waals surface area contributed by atoms with Crippen molar-refractivity contribution in [2.45, 2.75) is 49.0 Å². The number of methoxy groups -OCH3 is 2. The lowest BCUT2D eigenvalue weighted by Gasteiger charge is -2.46. The number of urea groups is 1. The summed E-state index contributed by atoms with van der Waals surface area (Å²) in [5.41, 5.74) is 1.16. The minimum atomic E-state index is -2.10. The third-order valence-corrected chi connectivity index (χ3v) is 13.1. The summed E-state index contributed by atoms with van der Waals surface area (Å²) in [6.45, 7) is 5.33. The Morgan fingerprint density at radius 1 is 0.829 bits per heavy atom. The summed E-state index contributed by atoms with van der Waals surface area (Å²) < 4.78 is 22.0. The molecule has 7 unspecified atom stereocenters. The highest BCUT2D eigenvalue weighted by Gasteiger charge is 2.75. The zero-order chi connectivity index (χ0) is 49.5. The van der Waals surface area contributed by atoms with Crippen LogP contribution in [0.25, 0.3) is 0 Å². The van der Waals surface area contributed by atoms with E-state index in [-0.39, 0.29) is 37.4 Å². The maximum absolute atomic E-state index is 16.5. The SMILES string of the molecule is C=CCNC(=O)C1C2C(=O)OC(c3ccccc3)C(c3ccccc3)N2C(c2ccc(OCCO)cc2)C12C(=O)N(C(=O)NC(C)c1ccccc1)c1ccc(C#CCC(C(=O)OC)C(=O)OC)cc12. The average molecular weight is 945 g/mol. The van der Waals surface area contributed by atoms with Crippen molar-refractivity contribution >= 4 is 41.4 Å². The van der Waals surface area contributed by atoms with Crippen LogP contribution < -0.4 is 20.3 Å². The molecular formula is C55H52N4O11. The predicted molar refractivity (Wildman–Crippen MR) is 257 cm³/mol. The van der Waals surface area contributed by atoms with Gasteiger partial charge in [0.15, 0.2) is 5.92 Å². The first kappa shape index (κ1) is 48.4. The molecule has 0 radical (unpaired) electrons. The van der Waals surface area contributed by atoms with Crippen molar-refractivity contribution in [2.75, 3.05) is 38.9 Å². The minimum Gasteiger partial charge on any atom is -0.491 e. The van der Waals surface area contributed by atoms with E-state index in [0.29, 0.717) is 28.0 Å². The number of ether oxygens (including phenoxy) is 4. The molecule has 5 aromatic carbocycles. The molecule has 7 atom stereocenters. The Labute approximate surface area is 405 Å². The number of cyclic esters (lactones) is 1. The highest BCUT2D eigenvalue weighted by atomic mass is 16.6. The van der Waals surface area contributed by atoms with Gasteiger partial charge >= 0.3 is 23.9 Å². The fraction of sp³-hybridized carbons (Fsp3) is 0.273. The predicted octanol–water partition coefficient (Wildman–Crippen LogP) is 6.20. The summed E-state index contributed by atoms with van der Waals surface area (Å²) in [6.07, 6.45) is 0.245. The van der Waals surface area contributed by atoms with Gasteiger partial charge in [0.25, 0.3) is 0 Å². The number of nitrogens with one attached hydrogen (secondary N) is 2. The molecule has 3 heterocycles. The van der Waals surface area contributed by atoms with Crippen molar-refractivity contribution in [3.05, 3.63) is 179 Å². The molecule has 3 aliphatic rings. The molecular weight excluding hydrogens is 893 g/mol. The first-order chi connectivity index (χ1) is 34.0. The molecule has 4 amide bonds. The van der Waals surface area contributed by atoms with Crippen LogP contribution >= 0.6 is 0 Å². The zero-order valence-corrected chi connectivity index (χ0v) is 38.8. The standard InChI is InChI=1S/C55H52N4O11/c1-5-30-56-49(61)44-46-52(64)70-47(38-21-13-8-14-22-38)45(37-19-11-7-12-20-37)59(46)48(39-25-27-40(28-26-39)69-32-31-60)55(44)42-33-35(16-15-23-41(50(62)67-3)51(63)68-4)24-29-43(42)58(53(55)65)54(66)57-34(2)36-17-9-6-10-18-36/h5-14,17-22,24-29,33-34,41,44-48,60H,1,23,30-32H2,2-4H3,(H,56,61)(H,57,66). The second-order valence-electron chi connectivity index (χ2n) is 17.0. The third-order valence-electron chi connectivity index (χ3n) is 13.1. The van der Waals surface area contributed by atoms with E-state index >= 15 is 19.2 Å². The van der Waals surface area contributed by atoms with E-state index in [2.05, 4.69) is 29.1 Å². The molecule has 3 aliphatic heterocycles. The first-order valence-corrected chi connectivity index (χ1v) is 22.8.